The first-order valence-electron chi connectivity index (χ1n) is 16.5. The van der Waals surface area contributed by atoms with Crippen molar-refractivity contribution in [3.8, 4) is 39.4 Å². The van der Waals surface area contributed by atoms with E-state index in [0.29, 0.717) is 65.7 Å². The normalized spacial score (nSPS) is 17.4. The molecule has 2 aromatic carbocycles. The van der Waals surface area contributed by atoms with Crippen LogP contribution in [0.2, 0.25) is 15.1 Å². The van der Waals surface area contributed by atoms with Crippen LogP contribution in [0.4, 0.5) is 0 Å². The number of aromatic nitrogens is 2. The second kappa shape index (κ2) is 15.2. The van der Waals surface area contributed by atoms with Crippen molar-refractivity contribution in [3.63, 3.8) is 0 Å². The van der Waals surface area contributed by atoms with Crippen LogP contribution in [0.25, 0.3) is 43.7 Å². The third kappa shape index (κ3) is 7.32. The first-order chi connectivity index (χ1) is 24.3. The van der Waals surface area contributed by atoms with Gasteiger partial charge in [0.15, 0.2) is 0 Å². The zero-order chi connectivity index (χ0) is 34.8. The predicted molar refractivity (Wildman–Crippen MR) is 201 cm³/mol. The van der Waals surface area contributed by atoms with Gasteiger partial charge in [-0.2, -0.15) is 0 Å². The van der Waals surface area contributed by atoms with Crippen molar-refractivity contribution in [2.45, 2.75) is 50.9 Å². The molecule has 2 amide bonds. The molecule has 2 atom stereocenters. The Bertz CT molecular complexity index is 2090. The molecule has 5 heterocycles. The number of nitrogens with one attached hydrogen (secondary N) is 4. The van der Waals surface area contributed by atoms with E-state index >= 15 is 0 Å². The number of hydrogen-bond donors (Lipinski definition) is 4. The highest BCUT2D eigenvalue weighted by atomic mass is 35.5. The molecule has 0 saturated carbocycles. The molecule has 0 radical (unpaired) electrons. The van der Waals surface area contributed by atoms with E-state index < -0.39 is 0 Å². The number of methoxy groups -OCH3 is 1. The number of carbonyl (C=O) groups excluding carboxylic acids is 2. The summed E-state index contributed by atoms with van der Waals surface area (Å²) in [6, 6.07) is 18.0. The number of benzene rings is 2. The van der Waals surface area contributed by atoms with Gasteiger partial charge in [-0.25, -0.2) is 4.98 Å². The second-order valence-corrected chi connectivity index (χ2v) is 14.7. The Morgan fingerprint density at radius 1 is 0.820 bits per heavy atom. The Labute approximate surface area is 309 Å². The summed E-state index contributed by atoms with van der Waals surface area (Å²) in [5, 5.41) is 14.5. The van der Waals surface area contributed by atoms with Crippen molar-refractivity contribution in [1.29, 1.82) is 0 Å². The zero-order valence-electron chi connectivity index (χ0n) is 27.2. The summed E-state index contributed by atoms with van der Waals surface area (Å²) in [4.78, 5) is 33.5. The fourth-order valence-electron chi connectivity index (χ4n) is 6.49. The number of nitrogens with zero attached hydrogens (tertiary/aromatic N) is 2. The number of carbonyl (C=O) groups is 2. The summed E-state index contributed by atoms with van der Waals surface area (Å²) in [7, 11) is 1.60. The highest BCUT2D eigenvalue weighted by Gasteiger charge is 2.22. The quantitative estimate of drug-likeness (QED) is 0.105. The first-order valence-corrected chi connectivity index (χ1v) is 18.4. The lowest BCUT2D eigenvalue weighted by Crippen LogP contribution is -2.35. The monoisotopic (exact) mass is 748 g/mol. The molecule has 0 spiro atoms. The lowest BCUT2D eigenvalue weighted by molar-refractivity contribution is -0.120. The molecule has 0 aliphatic carbocycles. The lowest BCUT2D eigenvalue weighted by Gasteiger charge is -2.15. The minimum atomic E-state index is 0.0991. The van der Waals surface area contributed by atoms with Crippen LogP contribution in [0.3, 0.4) is 0 Å². The molecule has 13 heteroatoms. The fourth-order valence-corrected chi connectivity index (χ4v) is 8.60. The maximum atomic E-state index is 11.5. The minimum Gasteiger partial charge on any atom is -0.481 e. The van der Waals surface area contributed by atoms with Crippen LogP contribution >= 0.6 is 46.1 Å². The van der Waals surface area contributed by atoms with Crippen molar-refractivity contribution in [1.82, 2.24) is 31.2 Å². The molecule has 0 bridgehead atoms. The van der Waals surface area contributed by atoms with Gasteiger partial charge in [0.05, 0.1) is 38.1 Å². The number of pyridine rings is 2. The van der Waals surface area contributed by atoms with E-state index in [1.54, 1.807) is 24.6 Å². The summed E-state index contributed by atoms with van der Waals surface area (Å²) in [6.07, 6.45) is 4.62. The van der Waals surface area contributed by atoms with Gasteiger partial charge in [0.25, 0.3) is 0 Å². The Morgan fingerprint density at radius 2 is 1.44 bits per heavy atom. The van der Waals surface area contributed by atoms with Crippen molar-refractivity contribution >= 4 is 68.2 Å². The summed E-state index contributed by atoms with van der Waals surface area (Å²) in [5.41, 5.74) is 6.35. The van der Waals surface area contributed by atoms with Crippen LogP contribution in [0.1, 0.15) is 36.1 Å². The molecule has 2 aliphatic heterocycles. The molecule has 2 saturated heterocycles. The van der Waals surface area contributed by atoms with E-state index in [2.05, 4.69) is 27.3 Å². The van der Waals surface area contributed by atoms with E-state index in [1.165, 1.54) is 0 Å². The maximum absolute atomic E-state index is 11.5. The standard InChI is InChI=1S/C37H35Cl3N6O3S/c1-49-37-20(15-41-17-22-9-12-31(47)44-22)8-11-28(46-37)27-7-3-6-26(34(27)39)25-5-2-4-24(33(25)38)21-14-29-36(43-16-21)35(40)30(50-29)19-42-18-23-10-13-32(48)45-23/h2-8,11,14,16,22-23,41-42H,9-10,12-13,15,17-19H2,1H3,(H,44,47)(H,45,48). The number of rotatable bonds is 12. The largest absolute Gasteiger partial charge is 0.481 e. The number of hydrogen-bond acceptors (Lipinski definition) is 8. The van der Waals surface area contributed by atoms with Crippen LogP contribution in [-0.2, 0) is 22.7 Å². The molecule has 9 nitrogen and oxygen atoms in total. The summed E-state index contributed by atoms with van der Waals surface area (Å²) in [5.74, 6) is 0.707. The van der Waals surface area contributed by atoms with Crippen molar-refractivity contribution in [2.75, 3.05) is 20.2 Å². The van der Waals surface area contributed by atoms with Crippen LogP contribution in [0.15, 0.2) is 60.8 Å². The van der Waals surface area contributed by atoms with E-state index in [4.69, 9.17) is 49.5 Å². The van der Waals surface area contributed by atoms with Crippen molar-refractivity contribution in [3.05, 3.63) is 86.3 Å². The highest BCUT2D eigenvalue weighted by molar-refractivity contribution is 7.19. The highest BCUT2D eigenvalue weighted by Crippen LogP contribution is 2.43. The SMILES string of the molecule is COc1nc(-c2cccc(-c3cccc(-c4cnc5c(Cl)c(CNCC6CCC(=O)N6)sc5c4)c3Cl)c2Cl)ccc1CNCC1CCC(=O)N1. The number of fused-ring (bicyclic) bond motifs is 1. The number of ether oxygens (including phenoxy) is 1. The van der Waals surface area contributed by atoms with E-state index in [9.17, 15) is 9.59 Å². The second-order valence-electron chi connectivity index (χ2n) is 12.5. The predicted octanol–water partition coefficient (Wildman–Crippen LogP) is 7.40. The molecule has 7 rings (SSSR count). The van der Waals surface area contributed by atoms with E-state index in [0.717, 1.165) is 61.3 Å². The number of amides is 2. The van der Waals surface area contributed by atoms with Gasteiger partial charge in [-0.15, -0.1) is 11.3 Å². The smallest absolute Gasteiger partial charge is 0.220 e. The van der Waals surface area contributed by atoms with Gasteiger partial charge in [-0.05, 0) is 25.0 Å². The molecule has 2 aliphatic rings. The van der Waals surface area contributed by atoms with Crippen molar-refractivity contribution < 1.29 is 14.3 Å². The van der Waals surface area contributed by atoms with Gasteiger partial charge >= 0.3 is 0 Å². The Hall–Kier alpha value is -3.77. The average Bonchev–Trinajstić information content (AvgIpc) is 3.82. The van der Waals surface area contributed by atoms with Crippen LogP contribution in [0.5, 0.6) is 5.88 Å². The average molecular weight is 750 g/mol. The van der Waals surface area contributed by atoms with E-state index in [-0.39, 0.29) is 23.9 Å². The fraction of sp³-hybridized carbons (Fsp3) is 0.297. The third-order valence-corrected chi connectivity index (χ3v) is 11.6. The molecular weight excluding hydrogens is 715 g/mol. The zero-order valence-corrected chi connectivity index (χ0v) is 30.3. The van der Waals surface area contributed by atoms with Gasteiger partial charge < -0.3 is 26.0 Å². The Kier molecular flexibility index (Phi) is 10.6. The molecule has 2 unspecified atom stereocenters. The Balaban J connectivity index is 1.10. The first kappa shape index (κ1) is 34.7. The molecule has 2 fully saturated rings. The van der Waals surface area contributed by atoms with Crippen LogP contribution < -0.4 is 26.0 Å². The molecule has 5 aromatic rings. The molecule has 258 valence electrons. The van der Waals surface area contributed by atoms with Crippen LogP contribution in [-0.4, -0.2) is 54.1 Å². The summed E-state index contributed by atoms with van der Waals surface area (Å²) in [6.45, 7) is 2.51. The third-order valence-electron chi connectivity index (χ3n) is 9.10. The molecule has 50 heavy (non-hydrogen) atoms. The topological polar surface area (TPSA) is 117 Å². The van der Waals surface area contributed by atoms with Crippen molar-refractivity contribution in [2.24, 2.45) is 0 Å². The molecule has 3 aromatic heterocycles. The van der Waals surface area contributed by atoms with Gasteiger partial charge in [-0.1, -0.05) is 77.3 Å². The summed E-state index contributed by atoms with van der Waals surface area (Å²) >= 11 is 22.6. The van der Waals surface area contributed by atoms with E-state index in [1.807, 2.05) is 48.5 Å². The number of thiophene rings is 1. The minimum absolute atomic E-state index is 0.0991. The Morgan fingerprint density at radius 3 is 2.08 bits per heavy atom. The maximum Gasteiger partial charge on any atom is 0.220 e. The van der Waals surface area contributed by atoms with Gasteiger partial charge in [0.2, 0.25) is 17.7 Å². The molecular formula is C37H35Cl3N6O3S. The summed E-state index contributed by atoms with van der Waals surface area (Å²) < 4.78 is 6.62. The van der Waals surface area contributed by atoms with Gasteiger partial charge in [-0.3, -0.25) is 14.6 Å². The van der Waals surface area contributed by atoms with Gasteiger partial charge in [0, 0.05) is 95.6 Å². The molecule has 4 N–H and O–H groups in total. The number of halogens is 3. The van der Waals surface area contributed by atoms with Gasteiger partial charge in [0.1, 0.15) is 0 Å². The van der Waals surface area contributed by atoms with Crippen LogP contribution in [0, 0.1) is 0 Å². The lowest BCUT2D eigenvalue weighted by atomic mass is 9.97.